The first-order chi connectivity index (χ1) is 11.0. The van der Waals surface area contributed by atoms with Crippen LogP contribution in [0.3, 0.4) is 0 Å². The average molecular weight is 327 g/mol. The number of likely N-dealkylation sites (tertiary alicyclic amines) is 1. The Morgan fingerprint density at radius 1 is 1.39 bits per heavy atom. The summed E-state index contributed by atoms with van der Waals surface area (Å²) in [6.45, 7) is 1.10. The third-order valence-electron chi connectivity index (χ3n) is 3.66. The number of urea groups is 1. The standard InChI is InChI=1S/C15H19F2N3O3/c16-11-3-4-13(12(17)8-11)23-7-5-19-14(21)10-2-1-6-20(9-10)15(18)22/h3-4,8,10H,1-2,5-7,9H2,(H2,18,22)(H,19,21)/t10-/m1/s1. The largest absolute Gasteiger partial charge is 0.489 e. The number of rotatable bonds is 5. The van der Waals surface area contributed by atoms with Crippen molar-refractivity contribution in [1.29, 1.82) is 0 Å². The molecular weight excluding hydrogens is 308 g/mol. The van der Waals surface area contributed by atoms with Crippen LogP contribution in [0.2, 0.25) is 0 Å². The van der Waals surface area contributed by atoms with Crippen LogP contribution in [0.5, 0.6) is 5.75 Å². The molecule has 1 aromatic carbocycles. The predicted molar refractivity (Wildman–Crippen MR) is 78.7 cm³/mol. The number of primary amides is 1. The van der Waals surface area contributed by atoms with Crippen LogP contribution in [0.1, 0.15) is 12.8 Å². The predicted octanol–water partition coefficient (Wildman–Crippen LogP) is 1.25. The maximum atomic E-state index is 13.3. The second kappa shape index (κ2) is 7.75. The fourth-order valence-corrected chi connectivity index (χ4v) is 2.46. The number of amides is 3. The molecule has 0 unspecified atom stereocenters. The highest BCUT2D eigenvalue weighted by molar-refractivity contribution is 5.80. The molecule has 126 valence electrons. The van der Waals surface area contributed by atoms with Gasteiger partial charge in [-0.1, -0.05) is 0 Å². The van der Waals surface area contributed by atoms with Gasteiger partial charge in [0.25, 0.3) is 0 Å². The highest BCUT2D eigenvalue weighted by Crippen LogP contribution is 2.18. The number of hydrogen-bond acceptors (Lipinski definition) is 3. The quantitative estimate of drug-likeness (QED) is 0.798. The van der Waals surface area contributed by atoms with Crippen molar-refractivity contribution < 1.29 is 23.1 Å². The van der Waals surface area contributed by atoms with Crippen molar-refractivity contribution in [3.8, 4) is 5.75 Å². The lowest BCUT2D eigenvalue weighted by Gasteiger charge is -2.30. The second-order valence-electron chi connectivity index (χ2n) is 5.34. The molecule has 23 heavy (non-hydrogen) atoms. The number of piperidine rings is 1. The number of benzene rings is 1. The molecule has 3 amide bonds. The summed E-state index contributed by atoms with van der Waals surface area (Å²) in [5.41, 5.74) is 5.21. The third kappa shape index (κ3) is 4.80. The van der Waals surface area contributed by atoms with Gasteiger partial charge >= 0.3 is 6.03 Å². The SMILES string of the molecule is NC(=O)N1CCC[C@@H](C(=O)NCCOc2ccc(F)cc2F)C1. The third-order valence-corrected chi connectivity index (χ3v) is 3.66. The maximum absolute atomic E-state index is 13.3. The molecule has 0 aromatic heterocycles. The van der Waals surface area contributed by atoms with Gasteiger partial charge in [-0.05, 0) is 25.0 Å². The van der Waals surface area contributed by atoms with Gasteiger partial charge in [-0.3, -0.25) is 4.79 Å². The lowest BCUT2D eigenvalue weighted by molar-refractivity contribution is -0.126. The Balaban J connectivity index is 1.73. The first kappa shape index (κ1) is 17.0. The molecule has 6 nitrogen and oxygen atoms in total. The summed E-state index contributed by atoms with van der Waals surface area (Å²) in [7, 11) is 0. The van der Waals surface area contributed by atoms with E-state index in [-0.39, 0.29) is 30.7 Å². The van der Waals surface area contributed by atoms with Crippen molar-refractivity contribution in [1.82, 2.24) is 10.2 Å². The second-order valence-corrected chi connectivity index (χ2v) is 5.34. The van der Waals surface area contributed by atoms with Crippen molar-refractivity contribution in [2.45, 2.75) is 12.8 Å². The van der Waals surface area contributed by atoms with Crippen LogP contribution < -0.4 is 15.8 Å². The summed E-state index contributed by atoms with van der Waals surface area (Å²) in [6, 6.07) is 2.49. The Morgan fingerprint density at radius 2 is 2.17 bits per heavy atom. The lowest BCUT2D eigenvalue weighted by atomic mass is 9.97. The summed E-state index contributed by atoms with van der Waals surface area (Å²) < 4.78 is 31.2. The Hall–Kier alpha value is -2.38. The first-order valence-corrected chi connectivity index (χ1v) is 7.37. The zero-order valence-corrected chi connectivity index (χ0v) is 12.6. The molecule has 8 heteroatoms. The van der Waals surface area contributed by atoms with Gasteiger partial charge in [0.2, 0.25) is 5.91 Å². The average Bonchev–Trinajstić information content (AvgIpc) is 2.53. The van der Waals surface area contributed by atoms with Crippen LogP contribution in [0.4, 0.5) is 13.6 Å². The van der Waals surface area contributed by atoms with Crippen molar-refractivity contribution in [2.75, 3.05) is 26.2 Å². The topological polar surface area (TPSA) is 84.7 Å². The normalized spacial score (nSPS) is 17.7. The molecule has 1 aliphatic rings. The van der Waals surface area contributed by atoms with Gasteiger partial charge in [-0.25, -0.2) is 13.6 Å². The summed E-state index contributed by atoms with van der Waals surface area (Å²) in [4.78, 5) is 24.6. The summed E-state index contributed by atoms with van der Waals surface area (Å²) >= 11 is 0. The molecule has 1 atom stereocenters. The van der Waals surface area contributed by atoms with E-state index in [1.165, 1.54) is 11.0 Å². The molecule has 2 rings (SSSR count). The Morgan fingerprint density at radius 3 is 2.87 bits per heavy atom. The van der Waals surface area contributed by atoms with E-state index in [9.17, 15) is 18.4 Å². The number of nitrogens with one attached hydrogen (secondary N) is 1. The molecule has 0 saturated carbocycles. The molecule has 3 N–H and O–H groups in total. The van der Waals surface area contributed by atoms with E-state index in [4.69, 9.17) is 10.5 Å². The minimum Gasteiger partial charge on any atom is -0.489 e. The number of nitrogens with two attached hydrogens (primary N) is 1. The maximum Gasteiger partial charge on any atom is 0.314 e. The minimum absolute atomic E-state index is 0.0561. The fraction of sp³-hybridized carbons (Fsp3) is 0.467. The highest BCUT2D eigenvalue weighted by Gasteiger charge is 2.27. The summed E-state index contributed by atoms with van der Waals surface area (Å²) in [6.07, 6.45) is 1.40. The van der Waals surface area contributed by atoms with Crippen molar-refractivity contribution >= 4 is 11.9 Å². The van der Waals surface area contributed by atoms with Gasteiger partial charge in [-0.15, -0.1) is 0 Å². The highest BCUT2D eigenvalue weighted by atomic mass is 19.1. The fourth-order valence-electron chi connectivity index (χ4n) is 2.46. The van der Waals surface area contributed by atoms with E-state index in [1.807, 2.05) is 0 Å². The van der Waals surface area contributed by atoms with Crippen LogP contribution in [0, 0.1) is 17.6 Å². The molecule has 1 saturated heterocycles. The monoisotopic (exact) mass is 327 g/mol. The number of carbonyl (C=O) groups excluding carboxylic acids is 2. The number of hydrogen-bond donors (Lipinski definition) is 2. The van der Waals surface area contributed by atoms with Crippen molar-refractivity contribution in [3.05, 3.63) is 29.8 Å². The van der Waals surface area contributed by atoms with E-state index in [0.29, 0.717) is 19.5 Å². The van der Waals surface area contributed by atoms with Gasteiger partial charge in [0.1, 0.15) is 12.4 Å². The van der Waals surface area contributed by atoms with Gasteiger partial charge in [0.15, 0.2) is 11.6 Å². The van der Waals surface area contributed by atoms with E-state index in [0.717, 1.165) is 18.6 Å². The van der Waals surface area contributed by atoms with E-state index >= 15 is 0 Å². The molecule has 0 bridgehead atoms. The van der Waals surface area contributed by atoms with Gasteiger partial charge < -0.3 is 20.7 Å². The Kier molecular flexibility index (Phi) is 5.72. The smallest absolute Gasteiger partial charge is 0.314 e. The van der Waals surface area contributed by atoms with Crippen molar-refractivity contribution in [2.24, 2.45) is 11.7 Å². The molecule has 0 radical (unpaired) electrons. The van der Waals surface area contributed by atoms with Gasteiger partial charge in [0, 0.05) is 19.2 Å². The zero-order chi connectivity index (χ0) is 16.8. The number of nitrogens with zero attached hydrogens (tertiary/aromatic N) is 1. The molecule has 0 spiro atoms. The van der Waals surface area contributed by atoms with E-state index < -0.39 is 17.7 Å². The Labute approximate surface area is 132 Å². The minimum atomic E-state index is -0.791. The first-order valence-electron chi connectivity index (χ1n) is 7.37. The zero-order valence-electron chi connectivity index (χ0n) is 12.6. The van der Waals surface area contributed by atoms with Crippen LogP contribution in [-0.4, -0.2) is 43.1 Å². The summed E-state index contributed by atoms with van der Waals surface area (Å²) in [5, 5.41) is 2.67. The molecule has 1 heterocycles. The van der Waals surface area contributed by atoms with Gasteiger partial charge in [-0.2, -0.15) is 0 Å². The van der Waals surface area contributed by atoms with Crippen LogP contribution in [-0.2, 0) is 4.79 Å². The molecule has 1 fully saturated rings. The van der Waals surface area contributed by atoms with E-state index in [2.05, 4.69) is 5.32 Å². The Bertz CT molecular complexity index is 583. The van der Waals surface area contributed by atoms with Crippen molar-refractivity contribution in [3.63, 3.8) is 0 Å². The molecule has 1 aliphatic heterocycles. The lowest BCUT2D eigenvalue weighted by Crippen LogP contribution is -2.47. The van der Waals surface area contributed by atoms with Crippen LogP contribution in [0.25, 0.3) is 0 Å². The molecule has 0 aliphatic carbocycles. The number of halogens is 2. The number of carbonyl (C=O) groups is 2. The van der Waals surface area contributed by atoms with Crippen LogP contribution in [0.15, 0.2) is 18.2 Å². The van der Waals surface area contributed by atoms with Crippen LogP contribution >= 0.6 is 0 Å². The molecule has 1 aromatic rings. The van der Waals surface area contributed by atoms with Gasteiger partial charge in [0.05, 0.1) is 12.5 Å². The number of ether oxygens (including phenoxy) is 1. The summed E-state index contributed by atoms with van der Waals surface area (Å²) in [5.74, 6) is -2.05. The van der Waals surface area contributed by atoms with E-state index in [1.54, 1.807) is 0 Å². The molecular formula is C15H19F2N3O3.